The predicted molar refractivity (Wildman–Crippen MR) is 120 cm³/mol. The second-order valence-corrected chi connectivity index (χ2v) is 12.3. The van der Waals surface area contributed by atoms with Gasteiger partial charge in [0.2, 0.25) is 10.0 Å². The molecule has 1 amide bonds. The molecule has 0 spiro atoms. The van der Waals surface area contributed by atoms with Crippen LogP contribution in [0.1, 0.15) is 99.0 Å². The number of carbonyl (C=O) groups is 1. The minimum Gasteiger partial charge on any atom is -0.345 e. The van der Waals surface area contributed by atoms with Gasteiger partial charge in [0.1, 0.15) is 5.69 Å². The van der Waals surface area contributed by atoms with Gasteiger partial charge in [-0.1, -0.05) is 32.6 Å². The number of piperidine rings is 1. The molecule has 1 saturated heterocycles. The summed E-state index contributed by atoms with van der Waals surface area (Å²) in [5, 5.41) is 6.19. The van der Waals surface area contributed by atoms with Gasteiger partial charge in [-0.3, -0.25) is 4.79 Å². The Hall–Kier alpha value is -0.990. The number of nitrogens with zero attached hydrogens (tertiary/aromatic N) is 2. The van der Waals surface area contributed by atoms with Gasteiger partial charge in [0.15, 0.2) is 0 Å². The number of sulfonamides is 1. The number of amides is 1. The van der Waals surface area contributed by atoms with E-state index in [9.17, 15) is 13.2 Å². The molecular weight excluding hydrogens is 418 g/mol. The first kappa shape index (κ1) is 22.2. The lowest BCUT2D eigenvalue weighted by molar-refractivity contribution is 0.0897. The average molecular weight is 454 g/mol. The second-order valence-electron chi connectivity index (χ2n) is 9.36. The molecule has 1 aromatic heterocycles. The summed E-state index contributed by atoms with van der Waals surface area (Å²) >= 11 is 1.55. The van der Waals surface area contributed by atoms with Gasteiger partial charge in [0.05, 0.1) is 10.8 Å². The molecule has 2 saturated carbocycles. The molecule has 8 heteroatoms. The molecule has 0 unspecified atom stereocenters. The number of unbranched alkanes of at least 4 members (excludes halogenated alkanes) is 1. The van der Waals surface area contributed by atoms with Gasteiger partial charge >= 0.3 is 0 Å². The largest absolute Gasteiger partial charge is 0.345 e. The highest BCUT2D eigenvalue weighted by molar-refractivity contribution is 7.89. The van der Waals surface area contributed by atoms with Gasteiger partial charge in [0.25, 0.3) is 5.91 Å². The summed E-state index contributed by atoms with van der Waals surface area (Å²) in [5.41, 5.74) is 0.564. The smallest absolute Gasteiger partial charge is 0.271 e. The van der Waals surface area contributed by atoms with Crippen LogP contribution in [-0.2, 0) is 10.0 Å². The molecule has 1 N–H and O–H groups in total. The maximum absolute atomic E-state index is 12.9. The fourth-order valence-electron chi connectivity index (χ4n) is 5.13. The number of hydrogen-bond donors (Lipinski definition) is 1. The van der Waals surface area contributed by atoms with Crippen molar-refractivity contribution in [1.29, 1.82) is 0 Å². The predicted octanol–water partition coefficient (Wildman–Crippen LogP) is 4.30. The van der Waals surface area contributed by atoms with E-state index < -0.39 is 10.0 Å². The molecule has 0 radical (unpaired) electrons. The molecule has 4 rings (SSSR count). The van der Waals surface area contributed by atoms with Crippen molar-refractivity contribution in [1.82, 2.24) is 14.6 Å². The van der Waals surface area contributed by atoms with Crippen molar-refractivity contribution in [2.75, 3.05) is 18.8 Å². The molecular formula is C22H35N3O3S2. The molecule has 0 aromatic carbocycles. The van der Waals surface area contributed by atoms with Crippen molar-refractivity contribution in [3.63, 3.8) is 0 Å². The minimum absolute atomic E-state index is 0.0273. The molecule has 2 aliphatic carbocycles. The van der Waals surface area contributed by atoms with Crippen LogP contribution in [-0.4, -0.2) is 48.0 Å². The van der Waals surface area contributed by atoms with Crippen molar-refractivity contribution in [2.45, 2.75) is 89.0 Å². The summed E-state index contributed by atoms with van der Waals surface area (Å²) in [7, 11) is -3.13. The molecule has 6 nitrogen and oxygen atoms in total. The van der Waals surface area contributed by atoms with E-state index >= 15 is 0 Å². The van der Waals surface area contributed by atoms with Crippen LogP contribution in [0.5, 0.6) is 0 Å². The minimum atomic E-state index is -3.13. The number of nitrogens with one attached hydrogen (secondary N) is 1. The lowest BCUT2D eigenvalue weighted by Crippen LogP contribution is -2.43. The monoisotopic (exact) mass is 453 g/mol. The van der Waals surface area contributed by atoms with Crippen molar-refractivity contribution in [3.8, 4) is 0 Å². The van der Waals surface area contributed by atoms with Crippen LogP contribution in [0.15, 0.2) is 5.38 Å². The Morgan fingerprint density at radius 3 is 2.53 bits per heavy atom. The van der Waals surface area contributed by atoms with Crippen molar-refractivity contribution >= 4 is 27.3 Å². The van der Waals surface area contributed by atoms with E-state index in [-0.39, 0.29) is 23.1 Å². The Morgan fingerprint density at radius 2 is 1.90 bits per heavy atom. The van der Waals surface area contributed by atoms with Crippen LogP contribution in [0.2, 0.25) is 0 Å². The number of hydrogen-bond acceptors (Lipinski definition) is 5. The average Bonchev–Trinajstić information content (AvgIpc) is 3.37. The van der Waals surface area contributed by atoms with Gasteiger partial charge in [-0.15, -0.1) is 11.3 Å². The zero-order valence-corrected chi connectivity index (χ0v) is 19.7. The van der Waals surface area contributed by atoms with E-state index in [1.807, 2.05) is 12.3 Å². The lowest BCUT2D eigenvalue weighted by atomic mass is 9.82. The van der Waals surface area contributed by atoms with E-state index in [1.165, 1.54) is 32.1 Å². The quantitative estimate of drug-likeness (QED) is 0.637. The molecule has 1 aliphatic heterocycles. The lowest BCUT2D eigenvalue weighted by Gasteiger charge is -2.31. The van der Waals surface area contributed by atoms with E-state index in [0.717, 1.165) is 43.5 Å². The third kappa shape index (κ3) is 4.91. The molecule has 2 heterocycles. The summed E-state index contributed by atoms with van der Waals surface area (Å²) in [5.74, 6) is 1.10. The van der Waals surface area contributed by atoms with Crippen LogP contribution < -0.4 is 5.32 Å². The number of rotatable bonds is 8. The third-order valence-electron chi connectivity index (χ3n) is 7.24. The molecule has 168 valence electrons. The van der Waals surface area contributed by atoms with Crippen LogP contribution in [0.3, 0.4) is 0 Å². The van der Waals surface area contributed by atoms with Gasteiger partial charge in [-0.2, -0.15) is 0 Å². The molecule has 3 fully saturated rings. The van der Waals surface area contributed by atoms with Gasteiger partial charge in [-0.05, 0) is 50.9 Å². The zero-order valence-electron chi connectivity index (χ0n) is 18.1. The maximum Gasteiger partial charge on any atom is 0.271 e. The van der Waals surface area contributed by atoms with Gasteiger partial charge in [0, 0.05) is 29.9 Å². The van der Waals surface area contributed by atoms with Crippen LogP contribution >= 0.6 is 11.3 Å². The van der Waals surface area contributed by atoms with E-state index in [1.54, 1.807) is 15.6 Å². The van der Waals surface area contributed by atoms with E-state index in [2.05, 4.69) is 10.3 Å². The SMILES string of the molecule is CCCCS(=O)(=O)N1CCC(c2nc(C(=O)NC3(C4CCCCC4)CC3)cs2)CC1. The number of thiazole rings is 1. The third-order valence-corrected chi connectivity index (χ3v) is 10.2. The van der Waals surface area contributed by atoms with Crippen molar-refractivity contribution in [3.05, 3.63) is 16.1 Å². The van der Waals surface area contributed by atoms with Crippen LogP contribution in [0, 0.1) is 5.92 Å². The van der Waals surface area contributed by atoms with Gasteiger partial charge in [-0.25, -0.2) is 17.7 Å². The Kier molecular flexibility index (Phi) is 6.85. The van der Waals surface area contributed by atoms with Crippen molar-refractivity contribution < 1.29 is 13.2 Å². The Morgan fingerprint density at radius 1 is 1.20 bits per heavy atom. The normalized spacial score (nSPS) is 23.4. The highest BCUT2D eigenvalue weighted by Gasteiger charge is 2.50. The Bertz CT molecular complexity index is 834. The van der Waals surface area contributed by atoms with E-state index in [4.69, 9.17) is 0 Å². The summed E-state index contributed by atoms with van der Waals surface area (Å²) < 4.78 is 26.5. The first-order valence-corrected chi connectivity index (χ1v) is 14.2. The summed E-state index contributed by atoms with van der Waals surface area (Å²) in [4.78, 5) is 17.5. The fraction of sp³-hybridized carbons (Fsp3) is 0.818. The molecule has 0 atom stereocenters. The number of aromatic nitrogens is 1. The Balaban J connectivity index is 1.32. The maximum atomic E-state index is 12.9. The second kappa shape index (κ2) is 9.25. The molecule has 0 bridgehead atoms. The molecule has 3 aliphatic rings. The Labute approximate surface area is 184 Å². The van der Waals surface area contributed by atoms with Crippen LogP contribution in [0.25, 0.3) is 0 Å². The van der Waals surface area contributed by atoms with E-state index in [0.29, 0.717) is 24.7 Å². The summed E-state index contributed by atoms with van der Waals surface area (Å²) in [6.07, 6.45) is 11.8. The zero-order chi connectivity index (χ0) is 21.2. The fourth-order valence-corrected chi connectivity index (χ4v) is 7.78. The highest BCUT2D eigenvalue weighted by atomic mass is 32.2. The summed E-state index contributed by atoms with van der Waals surface area (Å²) in [6, 6.07) is 0. The molecule has 1 aromatic rings. The van der Waals surface area contributed by atoms with Crippen molar-refractivity contribution in [2.24, 2.45) is 5.92 Å². The molecule has 30 heavy (non-hydrogen) atoms. The standard InChI is InChI=1S/C22H35N3O3S2/c1-2-3-15-30(27,28)25-13-9-17(10-14-25)21-23-19(16-29-21)20(26)24-22(11-12-22)18-7-5-4-6-8-18/h16-18H,2-15H2,1H3,(H,24,26). The first-order chi connectivity index (χ1) is 14.4. The van der Waals surface area contributed by atoms with Crippen LogP contribution in [0.4, 0.5) is 0 Å². The summed E-state index contributed by atoms with van der Waals surface area (Å²) in [6.45, 7) is 3.13. The van der Waals surface area contributed by atoms with Gasteiger partial charge < -0.3 is 5.32 Å². The first-order valence-electron chi connectivity index (χ1n) is 11.7. The number of carbonyl (C=O) groups excluding carboxylic acids is 1. The topological polar surface area (TPSA) is 79.4 Å². The highest BCUT2D eigenvalue weighted by Crippen LogP contribution is 2.48.